The second-order valence-corrected chi connectivity index (χ2v) is 5.73. The lowest BCUT2D eigenvalue weighted by Gasteiger charge is -2.20. The Bertz CT molecular complexity index is 585. The van der Waals surface area contributed by atoms with Gasteiger partial charge in [-0.2, -0.15) is 4.98 Å². The lowest BCUT2D eigenvalue weighted by Crippen LogP contribution is -2.30. The number of rotatable bonds is 3. The Hall–Kier alpha value is -1.68. The van der Waals surface area contributed by atoms with Gasteiger partial charge in [0.1, 0.15) is 0 Å². The number of aromatic nitrogens is 2. The Morgan fingerprint density at radius 1 is 1.30 bits per heavy atom. The second-order valence-electron chi connectivity index (χ2n) is 5.73. The Morgan fingerprint density at radius 3 is 2.95 bits per heavy atom. The van der Waals surface area contributed by atoms with E-state index in [1.807, 2.05) is 0 Å². The highest BCUT2D eigenvalue weighted by molar-refractivity contribution is 5.56. The van der Waals surface area contributed by atoms with Crippen molar-refractivity contribution in [2.45, 2.75) is 33.1 Å². The van der Waals surface area contributed by atoms with Crippen LogP contribution in [0.25, 0.3) is 11.4 Å². The van der Waals surface area contributed by atoms with Gasteiger partial charge in [-0.3, -0.25) is 0 Å². The van der Waals surface area contributed by atoms with Crippen molar-refractivity contribution >= 4 is 0 Å². The van der Waals surface area contributed by atoms with Crippen molar-refractivity contribution in [3.63, 3.8) is 0 Å². The summed E-state index contributed by atoms with van der Waals surface area (Å²) in [7, 11) is 0. The zero-order valence-electron chi connectivity index (χ0n) is 12.1. The molecule has 0 amide bonds. The molecule has 1 fully saturated rings. The second kappa shape index (κ2) is 5.75. The molecule has 1 atom stereocenters. The normalized spacial score (nSPS) is 19.2. The van der Waals surface area contributed by atoms with Crippen molar-refractivity contribution < 1.29 is 4.52 Å². The average molecular weight is 271 g/mol. The van der Waals surface area contributed by atoms with Crippen molar-refractivity contribution in [2.75, 3.05) is 13.1 Å². The number of nitrogens with one attached hydrogen (secondary N) is 1. The molecule has 1 N–H and O–H groups in total. The molecule has 1 aliphatic heterocycles. The lowest BCUT2D eigenvalue weighted by atomic mass is 9.96. The summed E-state index contributed by atoms with van der Waals surface area (Å²) in [5.74, 6) is 2.08. The molecule has 2 heterocycles. The van der Waals surface area contributed by atoms with Crippen LogP contribution < -0.4 is 5.32 Å². The summed E-state index contributed by atoms with van der Waals surface area (Å²) >= 11 is 0. The SMILES string of the molecule is Cc1ccc(-c2noc(CC3CCCNC3)n2)cc1C. The third-order valence-corrected chi connectivity index (χ3v) is 4.10. The Labute approximate surface area is 119 Å². The number of nitrogens with zero attached hydrogens (tertiary/aromatic N) is 2. The summed E-state index contributed by atoms with van der Waals surface area (Å²) in [4.78, 5) is 4.54. The minimum atomic E-state index is 0.622. The fraction of sp³-hybridized carbons (Fsp3) is 0.500. The molecule has 1 saturated heterocycles. The first-order chi connectivity index (χ1) is 9.72. The maximum atomic E-state index is 5.40. The highest BCUT2D eigenvalue weighted by Gasteiger charge is 2.17. The fourth-order valence-corrected chi connectivity index (χ4v) is 2.68. The molecular formula is C16H21N3O. The quantitative estimate of drug-likeness (QED) is 0.932. The van der Waals surface area contributed by atoms with Crippen molar-refractivity contribution in [1.29, 1.82) is 0 Å². The van der Waals surface area contributed by atoms with Crippen LogP contribution in [0.1, 0.15) is 29.9 Å². The summed E-state index contributed by atoms with van der Waals surface area (Å²) in [6, 6.07) is 6.27. The Kier molecular flexibility index (Phi) is 3.83. The van der Waals surface area contributed by atoms with E-state index in [1.165, 1.54) is 24.0 Å². The third-order valence-electron chi connectivity index (χ3n) is 4.10. The smallest absolute Gasteiger partial charge is 0.227 e. The summed E-state index contributed by atoms with van der Waals surface area (Å²) < 4.78 is 5.40. The summed E-state index contributed by atoms with van der Waals surface area (Å²) in [6.45, 7) is 6.40. The molecule has 1 aromatic carbocycles. The van der Waals surface area contributed by atoms with Gasteiger partial charge in [-0.1, -0.05) is 17.3 Å². The number of benzene rings is 1. The number of piperidine rings is 1. The zero-order valence-corrected chi connectivity index (χ0v) is 12.1. The van der Waals surface area contributed by atoms with Crippen LogP contribution in [-0.4, -0.2) is 23.2 Å². The van der Waals surface area contributed by atoms with Crippen molar-refractivity contribution in [2.24, 2.45) is 5.92 Å². The molecule has 20 heavy (non-hydrogen) atoms. The van der Waals surface area contributed by atoms with Crippen LogP contribution in [0.3, 0.4) is 0 Å². The highest BCUT2D eigenvalue weighted by Crippen LogP contribution is 2.21. The van der Waals surface area contributed by atoms with Crippen LogP contribution in [0.5, 0.6) is 0 Å². The van der Waals surface area contributed by atoms with Crippen LogP contribution in [0, 0.1) is 19.8 Å². The van der Waals surface area contributed by atoms with E-state index < -0.39 is 0 Å². The van der Waals surface area contributed by atoms with Gasteiger partial charge < -0.3 is 9.84 Å². The van der Waals surface area contributed by atoms with Crippen LogP contribution in [-0.2, 0) is 6.42 Å². The summed E-state index contributed by atoms with van der Waals surface area (Å²) in [6.07, 6.45) is 3.36. The van der Waals surface area contributed by atoms with Gasteiger partial charge in [0.05, 0.1) is 0 Å². The van der Waals surface area contributed by atoms with Crippen molar-refractivity contribution in [1.82, 2.24) is 15.5 Å². The van der Waals surface area contributed by atoms with E-state index in [0.717, 1.165) is 31.0 Å². The van der Waals surface area contributed by atoms with Gasteiger partial charge >= 0.3 is 0 Å². The van der Waals surface area contributed by atoms with E-state index in [2.05, 4.69) is 47.5 Å². The molecule has 1 aromatic heterocycles. The zero-order chi connectivity index (χ0) is 13.9. The first-order valence-corrected chi connectivity index (χ1v) is 7.33. The fourth-order valence-electron chi connectivity index (χ4n) is 2.68. The van der Waals surface area contributed by atoms with Crippen molar-refractivity contribution in [3.05, 3.63) is 35.2 Å². The molecule has 0 aliphatic carbocycles. The molecule has 0 radical (unpaired) electrons. The average Bonchev–Trinajstić information content (AvgIpc) is 2.91. The van der Waals surface area contributed by atoms with Gasteiger partial charge in [0, 0.05) is 12.0 Å². The van der Waals surface area contributed by atoms with Gasteiger partial charge in [0.25, 0.3) is 0 Å². The Balaban J connectivity index is 1.73. The highest BCUT2D eigenvalue weighted by atomic mass is 16.5. The summed E-state index contributed by atoms with van der Waals surface area (Å²) in [5, 5.41) is 7.53. The molecule has 0 saturated carbocycles. The number of aryl methyl sites for hydroxylation is 2. The van der Waals surface area contributed by atoms with E-state index in [-0.39, 0.29) is 0 Å². The number of hydrogen-bond donors (Lipinski definition) is 1. The van der Waals surface area contributed by atoms with Gasteiger partial charge in [0.2, 0.25) is 11.7 Å². The molecular weight excluding hydrogens is 250 g/mol. The molecule has 0 bridgehead atoms. The predicted octanol–water partition coefficient (Wildman–Crippen LogP) is 2.90. The van der Waals surface area contributed by atoms with E-state index in [9.17, 15) is 0 Å². The molecule has 4 heteroatoms. The minimum Gasteiger partial charge on any atom is -0.339 e. The predicted molar refractivity (Wildman–Crippen MR) is 78.5 cm³/mol. The van der Waals surface area contributed by atoms with Crippen molar-refractivity contribution in [3.8, 4) is 11.4 Å². The molecule has 106 valence electrons. The van der Waals surface area contributed by atoms with Crippen LogP contribution in [0.4, 0.5) is 0 Å². The van der Waals surface area contributed by atoms with Gasteiger partial charge in [-0.15, -0.1) is 0 Å². The standard InChI is InChI=1S/C16H21N3O/c1-11-5-6-14(8-12(11)2)16-18-15(20-19-16)9-13-4-3-7-17-10-13/h5-6,8,13,17H,3-4,7,9-10H2,1-2H3. The maximum Gasteiger partial charge on any atom is 0.227 e. The van der Waals surface area contributed by atoms with Crippen LogP contribution in [0.2, 0.25) is 0 Å². The summed E-state index contributed by atoms with van der Waals surface area (Å²) in [5.41, 5.74) is 3.57. The van der Waals surface area contributed by atoms with Gasteiger partial charge in [-0.25, -0.2) is 0 Å². The monoisotopic (exact) mass is 271 g/mol. The Morgan fingerprint density at radius 2 is 2.20 bits per heavy atom. The molecule has 1 unspecified atom stereocenters. The number of hydrogen-bond acceptors (Lipinski definition) is 4. The topological polar surface area (TPSA) is 51.0 Å². The molecule has 3 rings (SSSR count). The van der Waals surface area contributed by atoms with E-state index in [0.29, 0.717) is 11.7 Å². The lowest BCUT2D eigenvalue weighted by molar-refractivity contribution is 0.316. The first kappa shape index (κ1) is 13.3. The van der Waals surface area contributed by atoms with Crippen LogP contribution >= 0.6 is 0 Å². The van der Waals surface area contributed by atoms with Gasteiger partial charge in [0.15, 0.2) is 0 Å². The minimum absolute atomic E-state index is 0.622. The first-order valence-electron chi connectivity index (χ1n) is 7.33. The van der Waals surface area contributed by atoms with Crippen LogP contribution in [0.15, 0.2) is 22.7 Å². The molecule has 0 spiro atoms. The maximum absolute atomic E-state index is 5.40. The van der Waals surface area contributed by atoms with E-state index in [1.54, 1.807) is 0 Å². The molecule has 2 aromatic rings. The van der Waals surface area contributed by atoms with Gasteiger partial charge in [-0.05, 0) is 62.9 Å². The molecule has 1 aliphatic rings. The largest absolute Gasteiger partial charge is 0.339 e. The molecule has 4 nitrogen and oxygen atoms in total. The third kappa shape index (κ3) is 2.90. The van der Waals surface area contributed by atoms with E-state index >= 15 is 0 Å². The van der Waals surface area contributed by atoms with E-state index in [4.69, 9.17) is 4.52 Å².